The molecule has 4 rings (SSSR count). The maximum Gasteiger partial charge on any atom is 0.356 e. The summed E-state index contributed by atoms with van der Waals surface area (Å²) in [5.41, 5.74) is 3.23. The monoisotopic (exact) mass is 500 g/mol. The average molecular weight is 501 g/mol. The van der Waals surface area contributed by atoms with Gasteiger partial charge in [-0.2, -0.15) is 0 Å². The fraction of sp³-hybridized carbons (Fsp3) is 0.148. The number of carbonyl (C=O) groups excluding carboxylic acids is 1. The van der Waals surface area contributed by atoms with E-state index in [0.717, 1.165) is 4.31 Å². The lowest BCUT2D eigenvalue weighted by Crippen LogP contribution is -2.21. The Morgan fingerprint density at radius 3 is 2.58 bits per heavy atom. The zero-order chi connectivity index (χ0) is 25.7. The number of nitrogens with zero attached hydrogens (tertiary/aromatic N) is 3. The maximum atomic E-state index is 12.5. The van der Waals surface area contributed by atoms with E-state index in [1.807, 2.05) is 13.0 Å². The van der Waals surface area contributed by atoms with E-state index >= 15 is 0 Å². The summed E-state index contributed by atoms with van der Waals surface area (Å²) < 4.78 is 36.4. The second kappa shape index (κ2) is 11.0. The van der Waals surface area contributed by atoms with Gasteiger partial charge in [-0.15, -0.1) is 0 Å². The van der Waals surface area contributed by atoms with E-state index < -0.39 is 17.2 Å². The van der Waals surface area contributed by atoms with Crippen LogP contribution in [0.15, 0.2) is 67.0 Å². The highest BCUT2D eigenvalue weighted by Crippen LogP contribution is 2.37. The minimum absolute atomic E-state index is 0.248. The van der Waals surface area contributed by atoms with Crippen molar-refractivity contribution in [1.82, 2.24) is 9.97 Å². The summed E-state index contributed by atoms with van der Waals surface area (Å²) in [6.45, 7) is 1.91. The van der Waals surface area contributed by atoms with E-state index in [2.05, 4.69) is 21.8 Å². The molecule has 1 atom stereocenters. The summed E-state index contributed by atoms with van der Waals surface area (Å²) in [5, 5.41) is 0.681. The van der Waals surface area contributed by atoms with Crippen LogP contribution in [0, 0.1) is 11.8 Å². The zero-order valence-electron chi connectivity index (χ0n) is 19.8. The molecule has 2 heterocycles. The molecule has 0 saturated carbocycles. The SMILES string of the molecule is CCc1cc(C#Cc2ccccc2N(c2ccc(OC)c3cccnc23)S(=O)[O-])cnc1C(=O)OC. The van der Waals surface area contributed by atoms with Crippen molar-refractivity contribution in [2.45, 2.75) is 13.3 Å². The van der Waals surface area contributed by atoms with Gasteiger partial charge >= 0.3 is 5.97 Å². The van der Waals surface area contributed by atoms with Gasteiger partial charge in [0.1, 0.15) is 5.75 Å². The molecule has 4 aromatic rings. The predicted molar refractivity (Wildman–Crippen MR) is 137 cm³/mol. The molecule has 0 spiro atoms. The highest BCUT2D eigenvalue weighted by molar-refractivity contribution is 7.81. The second-order valence-corrected chi connectivity index (χ2v) is 8.34. The molecule has 2 aromatic heterocycles. The van der Waals surface area contributed by atoms with Crippen LogP contribution < -0.4 is 9.04 Å². The van der Waals surface area contributed by atoms with Crippen molar-refractivity contribution in [3.63, 3.8) is 0 Å². The molecular formula is C27H22N3O5S-. The van der Waals surface area contributed by atoms with Gasteiger partial charge in [0.05, 0.1) is 42.4 Å². The Morgan fingerprint density at radius 2 is 1.86 bits per heavy atom. The number of benzene rings is 2. The molecular weight excluding hydrogens is 478 g/mol. The van der Waals surface area contributed by atoms with Crippen molar-refractivity contribution >= 4 is 39.5 Å². The number of hydrogen-bond acceptors (Lipinski definition) is 7. The van der Waals surface area contributed by atoms with E-state index in [1.165, 1.54) is 13.3 Å². The molecule has 0 fully saturated rings. The smallest absolute Gasteiger partial charge is 0.356 e. The Balaban J connectivity index is 1.81. The standard InChI is InChI=1S/C27H23N3O5S/c1-4-19-16-18(17-29-25(19)27(31)35-3)11-12-20-8-5-6-10-22(20)30(36(32)33)23-13-14-24(34-2)21-9-7-15-28-26(21)23/h5-10,13-17H,4H2,1-3H3,(H,32,33)/p-1. The number of pyridine rings is 2. The van der Waals surface area contributed by atoms with Crippen molar-refractivity contribution in [3.05, 3.63) is 89.4 Å². The highest BCUT2D eigenvalue weighted by Gasteiger charge is 2.19. The van der Waals surface area contributed by atoms with Crippen LogP contribution in [0.4, 0.5) is 11.4 Å². The number of esters is 1. The van der Waals surface area contributed by atoms with Gasteiger partial charge in [0.2, 0.25) is 0 Å². The third kappa shape index (κ3) is 4.91. The summed E-state index contributed by atoms with van der Waals surface area (Å²) in [5.74, 6) is 6.16. The van der Waals surface area contributed by atoms with E-state index in [-0.39, 0.29) is 5.69 Å². The number of para-hydroxylation sites is 1. The van der Waals surface area contributed by atoms with E-state index in [1.54, 1.807) is 61.8 Å². The fourth-order valence-electron chi connectivity index (χ4n) is 3.79. The van der Waals surface area contributed by atoms with Crippen LogP contribution in [0.1, 0.15) is 34.1 Å². The summed E-state index contributed by atoms with van der Waals surface area (Å²) in [7, 11) is 2.85. The number of hydrogen-bond donors (Lipinski definition) is 0. The molecule has 1 unspecified atom stereocenters. The summed E-state index contributed by atoms with van der Waals surface area (Å²) in [6.07, 6.45) is 3.66. The normalized spacial score (nSPS) is 11.3. The Hall–Kier alpha value is -4.26. The minimum Gasteiger partial charge on any atom is -0.755 e. The number of ether oxygens (including phenoxy) is 2. The first-order valence-electron chi connectivity index (χ1n) is 11.0. The predicted octanol–water partition coefficient (Wildman–Crippen LogP) is 4.32. The van der Waals surface area contributed by atoms with Gasteiger partial charge in [-0.1, -0.05) is 30.9 Å². The van der Waals surface area contributed by atoms with Gasteiger partial charge in [0.15, 0.2) is 5.69 Å². The van der Waals surface area contributed by atoms with Crippen LogP contribution in [0.3, 0.4) is 0 Å². The van der Waals surface area contributed by atoms with Crippen LogP contribution in [0.5, 0.6) is 5.75 Å². The lowest BCUT2D eigenvalue weighted by Gasteiger charge is -2.28. The molecule has 2 aromatic carbocycles. The van der Waals surface area contributed by atoms with Gasteiger partial charge in [0, 0.05) is 28.9 Å². The molecule has 0 N–H and O–H groups in total. The Bertz CT molecular complexity index is 1530. The Morgan fingerprint density at radius 1 is 1.06 bits per heavy atom. The third-order valence-corrected chi connectivity index (χ3v) is 6.18. The molecule has 36 heavy (non-hydrogen) atoms. The van der Waals surface area contributed by atoms with Crippen molar-refractivity contribution in [3.8, 4) is 17.6 Å². The third-order valence-electron chi connectivity index (χ3n) is 5.49. The first kappa shape index (κ1) is 24.9. The van der Waals surface area contributed by atoms with Crippen LogP contribution in [-0.2, 0) is 22.4 Å². The maximum absolute atomic E-state index is 12.5. The van der Waals surface area contributed by atoms with Gasteiger partial charge in [0.25, 0.3) is 0 Å². The lowest BCUT2D eigenvalue weighted by molar-refractivity contribution is 0.0592. The number of carbonyl (C=O) groups is 1. The van der Waals surface area contributed by atoms with Crippen LogP contribution >= 0.6 is 0 Å². The number of fused-ring (bicyclic) bond motifs is 1. The Kier molecular flexibility index (Phi) is 7.59. The fourth-order valence-corrected chi connectivity index (χ4v) is 4.42. The van der Waals surface area contributed by atoms with Crippen molar-refractivity contribution in [2.75, 3.05) is 18.5 Å². The quantitative estimate of drug-likeness (QED) is 0.221. The topological polar surface area (TPSA) is 105 Å². The number of rotatable bonds is 6. The first-order valence-corrected chi connectivity index (χ1v) is 12.0. The van der Waals surface area contributed by atoms with Crippen LogP contribution in [-0.4, -0.2) is 38.9 Å². The second-order valence-electron chi connectivity index (χ2n) is 7.54. The average Bonchev–Trinajstić information content (AvgIpc) is 2.91. The molecule has 0 amide bonds. The molecule has 8 nitrogen and oxygen atoms in total. The Labute approximate surface area is 211 Å². The van der Waals surface area contributed by atoms with Crippen molar-refractivity contribution in [2.24, 2.45) is 0 Å². The lowest BCUT2D eigenvalue weighted by atomic mass is 10.1. The zero-order valence-corrected chi connectivity index (χ0v) is 20.7. The summed E-state index contributed by atoms with van der Waals surface area (Å²) >= 11 is -2.67. The summed E-state index contributed by atoms with van der Waals surface area (Å²) in [6, 6.07) is 15.6. The van der Waals surface area contributed by atoms with Crippen molar-refractivity contribution in [1.29, 1.82) is 0 Å². The van der Waals surface area contributed by atoms with Gasteiger partial charge in [-0.05, 0) is 54.4 Å². The number of anilines is 2. The molecule has 0 aliphatic carbocycles. The van der Waals surface area contributed by atoms with Crippen LogP contribution in [0.2, 0.25) is 0 Å². The molecule has 0 aliphatic heterocycles. The molecule has 0 radical (unpaired) electrons. The molecule has 0 saturated heterocycles. The minimum atomic E-state index is -2.67. The largest absolute Gasteiger partial charge is 0.755 e. The first-order chi connectivity index (χ1) is 17.5. The van der Waals surface area contributed by atoms with Gasteiger partial charge in [-0.3, -0.25) is 13.5 Å². The number of methoxy groups -OCH3 is 2. The van der Waals surface area contributed by atoms with E-state index in [4.69, 9.17) is 9.47 Å². The van der Waals surface area contributed by atoms with Crippen LogP contribution in [0.25, 0.3) is 10.9 Å². The van der Waals surface area contributed by atoms with Crippen molar-refractivity contribution < 1.29 is 23.0 Å². The van der Waals surface area contributed by atoms with E-state index in [9.17, 15) is 13.6 Å². The van der Waals surface area contributed by atoms with Gasteiger partial charge < -0.3 is 14.0 Å². The van der Waals surface area contributed by atoms with Gasteiger partial charge in [-0.25, -0.2) is 9.78 Å². The highest BCUT2D eigenvalue weighted by atomic mass is 32.2. The van der Waals surface area contributed by atoms with E-state index in [0.29, 0.717) is 51.1 Å². The molecule has 182 valence electrons. The number of aryl methyl sites for hydroxylation is 1. The summed E-state index contributed by atoms with van der Waals surface area (Å²) in [4.78, 5) is 20.6. The molecule has 0 bridgehead atoms. The molecule has 9 heteroatoms. The number of aromatic nitrogens is 2. The molecule has 0 aliphatic rings.